The van der Waals surface area contributed by atoms with E-state index < -0.39 is 0 Å². The molecule has 1 heterocycles. The summed E-state index contributed by atoms with van der Waals surface area (Å²) < 4.78 is 4.20. The fourth-order valence-corrected chi connectivity index (χ4v) is 3.79. The van der Waals surface area contributed by atoms with Gasteiger partial charge >= 0.3 is 6.03 Å². The van der Waals surface area contributed by atoms with Gasteiger partial charge in [0, 0.05) is 30.4 Å². The second-order valence-electron chi connectivity index (χ2n) is 5.01. The maximum Gasteiger partial charge on any atom is 0.323 e. The van der Waals surface area contributed by atoms with E-state index in [0.29, 0.717) is 10.3 Å². The van der Waals surface area contributed by atoms with E-state index in [1.54, 1.807) is 23.7 Å². The largest absolute Gasteiger partial charge is 0.323 e. The van der Waals surface area contributed by atoms with Gasteiger partial charge in [0.25, 0.3) is 0 Å². The van der Waals surface area contributed by atoms with E-state index >= 15 is 0 Å². The monoisotopic (exact) mass is 325 g/mol. The lowest BCUT2D eigenvalue weighted by Crippen LogP contribution is -2.41. The molecule has 1 N–H and O–H groups in total. The number of urea groups is 1. The summed E-state index contributed by atoms with van der Waals surface area (Å²) in [5.41, 5.74) is 0. The van der Waals surface area contributed by atoms with Gasteiger partial charge in [-0.15, -0.1) is 0 Å². The SMILES string of the molecule is CCCSc1nsc(NC(=O)N(C)C2CCCC2C#N)n1. The minimum atomic E-state index is -0.217. The lowest BCUT2D eigenvalue weighted by Gasteiger charge is -2.26. The van der Waals surface area contributed by atoms with Crippen LogP contribution in [0.15, 0.2) is 5.16 Å². The first-order valence-electron chi connectivity index (χ1n) is 7.05. The summed E-state index contributed by atoms with van der Waals surface area (Å²) in [7, 11) is 1.74. The van der Waals surface area contributed by atoms with Crippen LogP contribution in [0.4, 0.5) is 9.93 Å². The molecule has 2 unspecified atom stereocenters. The van der Waals surface area contributed by atoms with Crippen molar-refractivity contribution in [3.8, 4) is 6.07 Å². The molecule has 0 aliphatic heterocycles. The number of nitrogens with zero attached hydrogens (tertiary/aromatic N) is 4. The van der Waals surface area contributed by atoms with Gasteiger partial charge in [-0.1, -0.05) is 18.7 Å². The fraction of sp³-hybridized carbons (Fsp3) is 0.692. The zero-order valence-electron chi connectivity index (χ0n) is 12.2. The van der Waals surface area contributed by atoms with Crippen LogP contribution in [0.2, 0.25) is 0 Å². The average molecular weight is 325 g/mol. The molecule has 1 saturated carbocycles. The van der Waals surface area contributed by atoms with Crippen molar-refractivity contribution in [1.29, 1.82) is 5.26 Å². The molecule has 0 radical (unpaired) electrons. The molecule has 2 amide bonds. The molecule has 2 atom stereocenters. The first kappa shape index (κ1) is 16.0. The van der Waals surface area contributed by atoms with Gasteiger partial charge in [0.1, 0.15) is 0 Å². The van der Waals surface area contributed by atoms with Gasteiger partial charge in [0.05, 0.1) is 12.0 Å². The van der Waals surface area contributed by atoms with E-state index in [2.05, 4.69) is 27.7 Å². The van der Waals surface area contributed by atoms with Gasteiger partial charge in [-0.3, -0.25) is 5.32 Å². The van der Waals surface area contributed by atoms with Crippen molar-refractivity contribution >= 4 is 34.5 Å². The first-order chi connectivity index (χ1) is 10.2. The predicted molar refractivity (Wildman–Crippen MR) is 84.4 cm³/mol. The number of anilines is 1. The third-order valence-electron chi connectivity index (χ3n) is 3.52. The van der Waals surface area contributed by atoms with Crippen molar-refractivity contribution in [2.45, 2.75) is 43.8 Å². The van der Waals surface area contributed by atoms with Crippen molar-refractivity contribution in [2.24, 2.45) is 5.92 Å². The summed E-state index contributed by atoms with van der Waals surface area (Å²) in [6.07, 6.45) is 3.81. The van der Waals surface area contributed by atoms with E-state index in [1.165, 1.54) is 11.5 Å². The number of amides is 2. The van der Waals surface area contributed by atoms with Crippen LogP contribution in [0.3, 0.4) is 0 Å². The molecule has 8 heteroatoms. The van der Waals surface area contributed by atoms with Gasteiger partial charge in [0.15, 0.2) is 0 Å². The Hall–Kier alpha value is -1.33. The Morgan fingerprint density at radius 2 is 2.43 bits per heavy atom. The Morgan fingerprint density at radius 1 is 1.62 bits per heavy atom. The number of hydrogen-bond acceptors (Lipinski definition) is 6. The molecule has 114 valence electrons. The summed E-state index contributed by atoms with van der Waals surface area (Å²) in [6, 6.07) is 2.07. The molecule has 0 aromatic carbocycles. The highest BCUT2D eigenvalue weighted by molar-refractivity contribution is 7.99. The van der Waals surface area contributed by atoms with Crippen molar-refractivity contribution in [1.82, 2.24) is 14.3 Å². The van der Waals surface area contributed by atoms with Crippen molar-refractivity contribution < 1.29 is 4.79 Å². The van der Waals surface area contributed by atoms with Gasteiger partial charge in [0.2, 0.25) is 10.3 Å². The standard InChI is InChI=1S/C13H19N5OS2/c1-3-7-20-12-15-11(21-17-12)16-13(19)18(2)10-6-4-5-9(10)8-14/h9-10H,3-7H2,1-2H3,(H,15,16,17,19). The molecule has 0 saturated heterocycles. The maximum atomic E-state index is 12.2. The highest BCUT2D eigenvalue weighted by Gasteiger charge is 2.33. The molecule has 1 aromatic heterocycles. The van der Waals surface area contributed by atoms with Crippen LogP contribution in [0.25, 0.3) is 0 Å². The van der Waals surface area contributed by atoms with Crippen LogP contribution in [-0.4, -0.2) is 39.1 Å². The number of hydrogen-bond donors (Lipinski definition) is 1. The highest BCUT2D eigenvalue weighted by atomic mass is 32.2. The molecule has 1 aliphatic carbocycles. The molecule has 21 heavy (non-hydrogen) atoms. The molecule has 0 spiro atoms. The van der Waals surface area contributed by atoms with Crippen LogP contribution in [-0.2, 0) is 0 Å². The van der Waals surface area contributed by atoms with Gasteiger partial charge < -0.3 is 4.90 Å². The number of nitriles is 1. The number of thioether (sulfide) groups is 1. The normalized spacial score (nSPS) is 21.0. The summed E-state index contributed by atoms with van der Waals surface area (Å²) >= 11 is 2.78. The Morgan fingerprint density at radius 3 is 3.14 bits per heavy atom. The molecule has 1 aromatic rings. The van der Waals surface area contributed by atoms with E-state index in [4.69, 9.17) is 5.26 Å². The number of carbonyl (C=O) groups is 1. The summed E-state index contributed by atoms with van der Waals surface area (Å²) in [6.45, 7) is 2.10. The number of nitrogens with one attached hydrogen (secondary N) is 1. The topological polar surface area (TPSA) is 81.9 Å². The van der Waals surface area contributed by atoms with Crippen LogP contribution >= 0.6 is 23.3 Å². The van der Waals surface area contributed by atoms with Crippen LogP contribution in [0.5, 0.6) is 0 Å². The second-order valence-corrected chi connectivity index (χ2v) is 6.82. The Labute approximate surface area is 133 Å². The van der Waals surface area contributed by atoms with Crippen LogP contribution in [0.1, 0.15) is 32.6 Å². The second kappa shape index (κ2) is 7.61. The average Bonchev–Trinajstić information content (AvgIpc) is 3.12. The van der Waals surface area contributed by atoms with Gasteiger partial charge in [-0.2, -0.15) is 14.6 Å². The lowest BCUT2D eigenvalue weighted by atomic mass is 10.1. The van der Waals surface area contributed by atoms with Crippen molar-refractivity contribution in [3.05, 3.63) is 0 Å². The third kappa shape index (κ3) is 4.08. The predicted octanol–water partition coefficient (Wildman–Crippen LogP) is 3.20. The number of carbonyl (C=O) groups excluding carboxylic acids is 1. The zero-order valence-corrected chi connectivity index (χ0v) is 13.8. The zero-order chi connectivity index (χ0) is 15.2. The quantitative estimate of drug-likeness (QED) is 0.841. The van der Waals surface area contributed by atoms with E-state index in [9.17, 15) is 4.79 Å². The van der Waals surface area contributed by atoms with Crippen molar-refractivity contribution in [2.75, 3.05) is 18.1 Å². The molecule has 0 bridgehead atoms. The molecule has 1 fully saturated rings. The number of aromatic nitrogens is 2. The highest BCUT2D eigenvalue weighted by Crippen LogP contribution is 2.29. The van der Waals surface area contributed by atoms with Gasteiger partial charge in [-0.25, -0.2) is 4.79 Å². The van der Waals surface area contributed by atoms with E-state index in [1.807, 2.05) is 0 Å². The smallest absolute Gasteiger partial charge is 0.323 e. The Bertz CT molecular complexity index is 527. The lowest BCUT2D eigenvalue weighted by molar-refractivity contribution is 0.197. The molecule has 6 nitrogen and oxygen atoms in total. The van der Waals surface area contributed by atoms with E-state index in [-0.39, 0.29) is 18.0 Å². The third-order valence-corrected chi connectivity index (χ3v) is 5.32. The maximum absolute atomic E-state index is 12.2. The van der Waals surface area contributed by atoms with Gasteiger partial charge in [-0.05, 0) is 25.7 Å². The summed E-state index contributed by atoms with van der Waals surface area (Å²) in [5.74, 6) is 0.904. The molecule has 2 rings (SSSR count). The summed E-state index contributed by atoms with van der Waals surface area (Å²) in [5, 5.41) is 13.1. The molecule has 1 aliphatic rings. The Balaban J connectivity index is 1.91. The molecular formula is C13H19N5OS2. The Kier molecular flexibility index (Phi) is 5.82. The van der Waals surface area contributed by atoms with E-state index in [0.717, 1.165) is 31.4 Å². The minimum absolute atomic E-state index is 0.00291. The fourth-order valence-electron chi connectivity index (χ4n) is 2.40. The van der Waals surface area contributed by atoms with Crippen molar-refractivity contribution in [3.63, 3.8) is 0 Å². The molecular weight excluding hydrogens is 306 g/mol. The number of rotatable bonds is 5. The summed E-state index contributed by atoms with van der Waals surface area (Å²) in [4.78, 5) is 18.1. The van der Waals surface area contributed by atoms with Crippen LogP contribution < -0.4 is 5.32 Å². The first-order valence-corrected chi connectivity index (χ1v) is 8.81. The van der Waals surface area contributed by atoms with Crippen LogP contribution in [0, 0.1) is 17.2 Å². The minimum Gasteiger partial charge on any atom is -0.323 e.